The van der Waals surface area contributed by atoms with Crippen LogP contribution in [0.1, 0.15) is 25.0 Å². The third-order valence-corrected chi connectivity index (χ3v) is 5.25. The molecule has 2 rings (SSSR count). The Bertz CT molecular complexity index is 637. The maximum Gasteiger partial charge on any atom is 0.216 e. The number of sulfonamides is 1. The Hall–Kier alpha value is -1.42. The number of likely N-dealkylation sites (N-methyl/N-ethyl adjacent to an activating group) is 1. The molecule has 1 aliphatic heterocycles. The van der Waals surface area contributed by atoms with Gasteiger partial charge in [-0.1, -0.05) is 26.0 Å². The van der Waals surface area contributed by atoms with Crippen molar-refractivity contribution in [3.05, 3.63) is 35.4 Å². The van der Waals surface area contributed by atoms with E-state index in [2.05, 4.69) is 23.5 Å². The molecule has 0 bridgehead atoms. The van der Waals surface area contributed by atoms with E-state index >= 15 is 0 Å². The third-order valence-electron chi connectivity index (χ3n) is 3.88. The highest BCUT2D eigenvalue weighted by Crippen LogP contribution is 2.17. The molecular formula is C15H21N3O2S. The van der Waals surface area contributed by atoms with Gasteiger partial charge in [0.2, 0.25) is 10.0 Å². The van der Waals surface area contributed by atoms with E-state index in [1.54, 1.807) is 24.3 Å². The van der Waals surface area contributed by atoms with Gasteiger partial charge in [-0.05, 0) is 30.2 Å². The highest BCUT2D eigenvalue weighted by atomic mass is 32.2. The van der Waals surface area contributed by atoms with Crippen LogP contribution in [0.15, 0.2) is 24.3 Å². The third kappa shape index (κ3) is 4.27. The van der Waals surface area contributed by atoms with E-state index < -0.39 is 10.0 Å². The van der Waals surface area contributed by atoms with Crippen molar-refractivity contribution in [1.29, 1.82) is 5.26 Å². The number of nitriles is 1. The second-order valence-electron chi connectivity index (χ2n) is 5.63. The largest absolute Gasteiger partial charge is 0.302 e. The van der Waals surface area contributed by atoms with Gasteiger partial charge < -0.3 is 4.90 Å². The van der Waals surface area contributed by atoms with E-state index in [1.807, 2.05) is 6.07 Å². The quantitative estimate of drug-likeness (QED) is 0.890. The van der Waals surface area contributed by atoms with Gasteiger partial charge in [-0.3, -0.25) is 0 Å². The molecule has 5 nitrogen and oxygen atoms in total. The molecule has 1 aromatic rings. The smallest absolute Gasteiger partial charge is 0.216 e. The van der Waals surface area contributed by atoms with Gasteiger partial charge in [-0.15, -0.1) is 0 Å². The van der Waals surface area contributed by atoms with E-state index in [9.17, 15) is 8.42 Å². The van der Waals surface area contributed by atoms with Gasteiger partial charge in [0.25, 0.3) is 0 Å². The average molecular weight is 307 g/mol. The number of hydrogen-bond acceptors (Lipinski definition) is 4. The van der Waals surface area contributed by atoms with E-state index in [0.29, 0.717) is 17.0 Å². The van der Waals surface area contributed by atoms with Crippen LogP contribution in [-0.4, -0.2) is 39.0 Å². The first kappa shape index (κ1) is 16.0. The molecule has 1 saturated heterocycles. The molecule has 1 fully saturated rings. The zero-order valence-electron chi connectivity index (χ0n) is 12.4. The molecule has 1 N–H and O–H groups in total. The van der Waals surface area contributed by atoms with Crippen LogP contribution in [0, 0.1) is 17.2 Å². The van der Waals surface area contributed by atoms with Crippen molar-refractivity contribution in [2.45, 2.75) is 25.6 Å². The Labute approximate surface area is 126 Å². The molecule has 21 heavy (non-hydrogen) atoms. The monoisotopic (exact) mass is 307 g/mol. The predicted molar refractivity (Wildman–Crippen MR) is 82.0 cm³/mol. The summed E-state index contributed by atoms with van der Waals surface area (Å²) in [5, 5.41) is 8.86. The fourth-order valence-electron chi connectivity index (χ4n) is 2.70. The van der Waals surface area contributed by atoms with Crippen molar-refractivity contribution in [3.8, 4) is 6.07 Å². The lowest BCUT2D eigenvalue weighted by Crippen LogP contribution is -2.40. The van der Waals surface area contributed by atoms with Gasteiger partial charge >= 0.3 is 0 Å². The number of likely N-dealkylation sites (tertiary alicyclic amines) is 1. The molecule has 114 valence electrons. The normalized spacial score (nSPS) is 23.1. The number of benzene rings is 1. The topological polar surface area (TPSA) is 73.2 Å². The van der Waals surface area contributed by atoms with E-state index in [-0.39, 0.29) is 11.8 Å². The lowest BCUT2D eigenvalue weighted by Gasteiger charge is -2.17. The number of hydrogen-bond donors (Lipinski definition) is 1. The average Bonchev–Trinajstić information content (AvgIpc) is 2.78. The minimum absolute atomic E-state index is 0.0332. The molecule has 1 heterocycles. The van der Waals surface area contributed by atoms with Crippen LogP contribution in [0.4, 0.5) is 0 Å². The molecule has 0 amide bonds. The van der Waals surface area contributed by atoms with Crippen LogP contribution in [0.2, 0.25) is 0 Å². The van der Waals surface area contributed by atoms with Gasteiger partial charge in [-0.25, -0.2) is 13.1 Å². The molecule has 6 heteroatoms. The molecule has 0 saturated carbocycles. The molecule has 0 unspecified atom stereocenters. The summed E-state index contributed by atoms with van der Waals surface area (Å²) in [7, 11) is -3.39. The fourth-order valence-corrected chi connectivity index (χ4v) is 4.17. The first-order chi connectivity index (χ1) is 9.93. The fraction of sp³-hybridized carbons (Fsp3) is 0.533. The van der Waals surface area contributed by atoms with Gasteiger partial charge in [0.15, 0.2) is 0 Å². The van der Waals surface area contributed by atoms with Crippen LogP contribution >= 0.6 is 0 Å². The summed E-state index contributed by atoms with van der Waals surface area (Å²) in [6.45, 7) is 6.77. The second kappa shape index (κ2) is 6.56. The Balaban J connectivity index is 2.04. The second-order valence-corrected chi connectivity index (χ2v) is 7.38. The van der Waals surface area contributed by atoms with Crippen LogP contribution in [0.3, 0.4) is 0 Å². The maximum absolute atomic E-state index is 12.3. The number of nitrogens with zero attached hydrogens (tertiary/aromatic N) is 2. The summed E-state index contributed by atoms with van der Waals surface area (Å²) < 4.78 is 27.4. The van der Waals surface area contributed by atoms with Gasteiger partial charge in [0.05, 0.1) is 17.4 Å². The molecule has 0 aromatic heterocycles. The lowest BCUT2D eigenvalue weighted by molar-refractivity contribution is 0.344. The minimum Gasteiger partial charge on any atom is -0.302 e. The Kier molecular flexibility index (Phi) is 4.99. The van der Waals surface area contributed by atoms with Crippen molar-refractivity contribution in [2.75, 3.05) is 19.6 Å². The van der Waals surface area contributed by atoms with Crippen molar-refractivity contribution < 1.29 is 8.42 Å². The molecule has 1 aliphatic rings. The summed E-state index contributed by atoms with van der Waals surface area (Å²) in [6, 6.07) is 8.72. The van der Waals surface area contributed by atoms with Crippen molar-refractivity contribution >= 4 is 10.0 Å². The minimum atomic E-state index is -3.39. The van der Waals surface area contributed by atoms with Crippen LogP contribution in [0.5, 0.6) is 0 Å². The van der Waals surface area contributed by atoms with E-state index in [0.717, 1.165) is 19.6 Å². The van der Waals surface area contributed by atoms with Gasteiger partial charge in [0.1, 0.15) is 0 Å². The summed E-state index contributed by atoms with van der Waals surface area (Å²) in [4.78, 5) is 2.24. The zero-order chi connectivity index (χ0) is 15.5. The summed E-state index contributed by atoms with van der Waals surface area (Å²) >= 11 is 0. The number of nitrogens with one attached hydrogen (secondary N) is 1. The van der Waals surface area contributed by atoms with Crippen molar-refractivity contribution in [3.63, 3.8) is 0 Å². The Morgan fingerprint density at radius 3 is 2.81 bits per heavy atom. The Morgan fingerprint density at radius 1 is 1.43 bits per heavy atom. The first-order valence-electron chi connectivity index (χ1n) is 7.15. The highest BCUT2D eigenvalue weighted by Gasteiger charge is 2.31. The maximum atomic E-state index is 12.3. The van der Waals surface area contributed by atoms with E-state index in [4.69, 9.17) is 5.26 Å². The Morgan fingerprint density at radius 2 is 2.19 bits per heavy atom. The molecular weight excluding hydrogens is 286 g/mol. The molecule has 0 spiro atoms. The van der Waals surface area contributed by atoms with Crippen LogP contribution < -0.4 is 4.72 Å². The predicted octanol–water partition coefficient (Wildman–Crippen LogP) is 1.32. The molecule has 1 aromatic carbocycles. The van der Waals surface area contributed by atoms with Crippen molar-refractivity contribution in [2.24, 2.45) is 5.92 Å². The molecule has 0 aliphatic carbocycles. The SMILES string of the molecule is CCN1C[C@@H](C)[C@@H](NS(=O)(=O)Cc2cccc(C#N)c2)C1. The number of rotatable bonds is 5. The lowest BCUT2D eigenvalue weighted by atomic mass is 10.1. The highest BCUT2D eigenvalue weighted by molar-refractivity contribution is 7.88. The van der Waals surface area contributed by atoms with Crippen molar-refractivity contribution in [1.82, 2.24) is 9.62 Å². The first-order valence-corrected chi connectivity index (χ1v) is 8.80. The molecule has 2 atom stereocenters. The zero-order valence-corrected chi connectivity index (χ0v) is 13.2. The van der Waals surface area contributed by atoms with Gasteiger partial charge in [-0.2, -0.15) is 5.26 Å². The van der Waals surface area contributed by atoms with Gasteiger partial charge in [0, 0.05) is 19.1 Å². The molecule has 0 radical (unpaired) electrons. The standard InChI is InChI=1S/C15H21N3O2S/c1-3-18-9-12(2)15(10-18)17-21(19,20)11-14-6-4-5-13(7-14)8-16/h4-7,12,15,17H,3,9-11H2,1-2H3/t12-,15+/m1/s1. The summed E-state index contributed by atoms with van der Waals surface area (Å²) in [6.07, 6.45) is 0. The van der Waals surface area contributed by atoms with Crippen LogP contribution in [-0.2, 0) is 15.8 Å². The summed E-state index contributed by atoms with van der Waals surface area (Å²) in [5.74, 6) is 0.225. The van der Waals surface area contributed by atoms with E-state index in [1.165, 1.54) is 0 Å². The summed E-state index contributed by atoms with van der Waals surface area (Å²) in [5.41, 5.74) is 1.12. The van der Waals surface area contributed by atoms with Crippen LogP contribution in [0.25, 0.3) is 0 Å².